The lowest BCUT2D eigenvalue weighted by atomic mass is 10.6. The van der Waals surface area contributed by atoms with Crippen molar-refractivity contribution in [3.8, 4) is 5.88 Å². The molecule has 0 amide bonds. The second-order valence-electron chi connectivity index (χ2n) is 1.92. The number of hydrogen-bond donors (Lipinski definition) is 0. The molecule has 0 fully saturated rings. The van der Waals surface area contributed by atoms with Crippen LogP contribution in [0.1, 0.15) is 6.92 Å². The minimum atomic E-state index is -1.19. The lowest BCUT2D eigenvalue weighted by Crippen LogP contribution is -2.12. The molecule has 3 nitrogen and oxygen atoms in total. The number of rotatable bonds is 2. The summed E-state index contributed by atoms with van der Waals surface area (Å²) in [5, 5.41) is 0. The molecule has 1 aromatic heterocycles. The number of aromatic amines is 1. The van der Waals surface area contributed by atoms with Gasteiger partial charge >= 0.3 is 11.8 Å². The average molecular weight is 173 g/mol. The van der Waals surface area contributed by atoms with Gasteiger partial charge in [-0.3, -0.25) is 0 Å². The van der Waals surface area contributed by atoms with Crippen molar-refractivity contribution in [2.45, 2.75) is 6.92 Å². The van der Waals surface area contributed by atoms with E-state index in [9.17, 15) is 8.78 Å². The molecule has 0 unspecified atom stereocenters. The van der Waals surface area contributed by atoms with Gasteiger partial charge in [-0.1, -0.05) is 6.08 Å². The van der Waals surface area contributed by atoms with Crippen LogP contribution in [-0.2, 0) is 0 Å². The van der Waals surface area contributed by atoms with Gasteiger partial charge in [0.2, 0.25) is 0 Å². The summed E-state index contributed by atoms with van der Waals surface area (Å²) in [4.78, 5) is 5.36. The highest BCUT2D eigenvalue weighted by Gasteiger charge is 2.17. The highest BCUT2D eigenvalue weighted by molar-refractivity contribution is 5.04. The van der Waals surface area contributed by atoms with E-state index in [0.29, 0.717) is 0 Å². The number of H-pyrrole nitrogens is 1. The van der Waals surface area contributed by atoms with Crippen molar-refractivity contribution in [2.75, 3.05) is 0 Å². The van der Waals surface area contributed by atoms with E-state index >= 15 is 0 Å². The number of nitrogens with zero attached hydrogens (tertiary/aromatic N) is 1. The van der Waals surface area contributed by atoms with Gasteiger partial charge in [0.25, 0.3) is 12.1 Å². The van der Waals surface area contributed by atoms with E-state index in [1.54, 1.807) is 13.0 Å². The summed E-state index contributed by atoms with van der Waals surface area (Å²) in [5.74, 6) is -2.61. The summed E-state index contributed by atoms with van der Waals surface area (Å²) in [5.41, 5.74) is 0. The summed E-state index contributed by atoms with van der Waals surface area (Å²) in [6, 6.07) is 0. The van der Waals surface area contributed by atoms with Crippen LogP contribution >= 0.6 is 0 Å². The largest absolute Gasteiger partial charge is 0.429 e. The van der Waals surface area contributed by atoms with Crippen molar-refractivity contribution >= 4 is 0 Å². The summed E-state index contributed by atoms with van der Waals surface area (Å²) in [6.07, 6.45) is 3.79. The maximum Gasteiger partial charge on any atom is 0.364 e. The molecule has 0 aliphatic heterocycles. The van der Waals surface area contributed by atoms with E-state index in [-0.39, 0.29) is 5.88 Å². The van der Waals surface area contributed by atoms with E-state index < -0.39 is 11.8 Å². The number of ether oxygens (including phenoxy) is 1. The molecule has 64 valence electrons. The van der Waals surface area contributed by atoms with Gasteiger partial charge in [0.1, 0.15) is 0 Å². The molecule has 0 aliphatic rings. The van der Waals surface area contributed by atoms with E-state index in [1.807, 2.05) is 0 Å². The molecular formula is C7H7F2N2O+. The maximum atomic E-state index is 12.7. The summed E-state index contributed by atoms with van der Waals surface area (Å²) in [6.45, 7) is 1.69. The second kappa shape index (κ2) is 3.75. The SMILES string of the molecule is C/C=C/Oc1[nH+]cnc(F)c1F. The van der Waals surface area contributed by atoms with Gasteiger partial charge in [-0.25, -0.2) is 4.98 Å². The minimum Gasteiger partial charge on any atom is -0.429 e. The highest BCUT2D eigenvalue weighted by Crippen LogP contribution is 2.10. The van der Waals surface area contributed by atoms with Crippen LogP contribution in [0.4, 0.5) is 8.78 Å². The Morgan fingerprint density at radius 2 is 2.33 bits per heavy atom. The standard InChI is InChI=1S/C7H6F2N2O/c1-2-3-12-7-5(8)6(9)10-4-11-7/h2-4H,1H3/p+1/b3-2+. The monoisotopic (exact) mass is 173 g/mol. The Morgan fingerprint density at radius 1 is 1.58 bits per heavy atom. The Labute approximate surface area is 67.7 Å². The van der Waals surface area contributed by atoms with Gasteiger partial charge in [-0.05, 0) is 11.9 Å². The van der Waals surface area contributed by atoms with Crippen LogP contribution in [0, 0.1) is 11.8 Å². The Morgan fingerprint density at radius 3 is 3.00 bits per heavy atom. The fourth-order valence-corrected chi connectivity index (χ4v) is 0.583. The molecule has 0 atom stereocenters. The average Bonchev–Trinajstić information content (AvgIpc) is 2.08. The molecule has 1 N–H and O–H groups in total. The van der Waals surface area contributed by atoms with E-state index in [1.165, 1.54) is 6.26 Å². The second-order valence-corrected chi connectivity index (χ2v) is 1.92. The molecule has 5 heteroatoms. The lowest BCUT2D eigenvalue weighted by Gasteiger charge is -1.93. The van der Waals surface area contributed by atoms with E-state index in [2.05, 4.69) is 14.7 Å². The van der Waals surface area contributed by atoms with Crippen LogP contribution in [-0.4, -0.2) is 4.98 Å². The molecule has 0 spiro atoms. The van der Waals surface area contributed by atoms with Gasteiger partial charge in [-0.2, -0.15) is 8.78 Å². The zero-order valence-electron chi connectivity index (χ0n) is 6.34. The van der Waals surface area contributed by atoms with Crippen LogP contribution in [0.15, 0.2) is 18.7 Å². The fourth-order valence-electron chi connectivity index (χ4n) is 0.583. The number of hydrogen-bond acceptors (Lipinski definition) is 2. The molecular weight excluding hydrogens is 166 g/mol. The zero-order chi connectivity index (χ0) is 8.97. The third kappa shape index (κ3) is 1.75. The lowest BCUT2D eigenvalue weighted by molar-refractivity contribution is -0.399. The molecule has 0 aliphatic carbocycles. The van der Waals surface area contributed by atoms with Crippen molar-refractivity contribution in [2.24, 2.45) is 0 Å². The molecule has 0 bridgehead atoms. The zero-order valence-corrected chi connectivity index (χ0v) is 6.34. The molecule has 1 heterocycles. The normalized spacial score (nSPS) is 10.6. The first-order chi connectivity index (χ1) is 5.75. The maximum absolute atomic E-state index is 12.7. The third-order valence-electron chi connectivity index (χ3n) is 1.08. The molecule has 0 saturated carbocycles. The number of nitrogens with one attached hydrogen (secondary N) is 1. The van der Waals surface area contributed by atoms with Gasteiger partial charge in [-0.15, -0.1) is 0 Å². The van der Waals surface area contributed by atoms with Crippen LogP contribution in [0.5, 0.6) is 5.88 Å². The third-order valence-corrected chi connectivity index (χ3v) is 1.08. The Hall–Kier alpha value is -1.52. The number of allylic oxidation sites excluding steroid dienone is 1. The van der Waals surface area contributed by atoms with Crippen LogP contribution in [0.2, 0.25) is 0 Å². The van der Waals surface area contributed by atoms with Crippen molar-refractivity contribution in [1.29, 1.82) is 0 Å². The topological polar surface area (TPSA) is 36.3 Å². The predicted octanol–water partition coefficient (Wildman–Crippen LogP) is 1.09. The van der Waals surface area contributed by atoms with Crippen molar-refractivity contribution in [1.82, 2.24) is 4.98 Å². The first kappa shape index (κ1) is 8.58. The first-order valence-corrected chi connectivity index (χ1v) is 3.25. The highest BCUT2D eigenvalue weighted by atomic mass is 19.2. The molecule has 0 radical (unpaired) electrons. The quantitative estimate of drug-likeness (QED) is 0.495. The molecule has 0 aromatic carbocycles. The van der Waals surface area contributed by atoms with Crippen LogP contribution in [0.25, 0.3) is 0 Å². The summed E-state index contributed by atoms with van der Waals surface area (Å²) < 4.78 is 29.8. The Bertz CT molecular complexity index is 301. The van der Waals surface area contributed by atoms with E-state index in [4.69, 9.17) is 0 Å². The van der Waals surface area contributed by atoms with Gasteiger partial charge in [0, 0.05) is 0 Å². The Kier molecular flexibility index (Phi) is 2.68. The van der Waals surface area contributed by atoms with Crippen molar-refractivity contribution in [3.63, 3.8) is 0 Å². The molecule has 0 saturated heterocycles. The number of aromatic nitrogens is 2. The summed E-state index contributed by atoms with van der Waals surface area (Å²) in [7, 11) is 0. The predicted molar refractivity (Wildman–Crippen MR) is 36.2 cm³/mol. The molecule has 12 heavy (non-hydrogen) atoms. The van der Waals surface area contributed by atoms with Crippen molar-refractivity contribution in [3.05, 3.63) is 30.4 Å². The summed E-state index contributed by atoms with van der Waals surface area (Å²) >= 11 is 0. The van der Waals surface area contributed by atoms with Gasteiger partial charge < -0.3 is 4.74 Å². The van der Waals surface area contributed by atoms with Crippen LogP contribution < -0.4 is 9.72 Å². The smallest absolute Gasteiger partial charge is 0.364 e. The number of halogens is 2. The molecule has 1 rings (SSSR count). The molecule has 1 aromatic rings. The van der Waals surface area contributed by atoms with Crippen molar-refractivity contribution < 1.29 is 18.5 Å². The fraction of sp³-hybridized carbons (Fsp3) is 0.143. The first-order valence-electron chi connectivity index (χ1n) is 3.25. The minimum absolute atomic E-state index is 0.291. The van der Waals surface area contributed by atoms with Gasteiger partial charge in [0.15, 0.2) is 0 Å². The van der Waals surface area contributed by atoms with Gasteiger partial charge in [0.05, 0.1) is 6.26 Å². The van der Waals surface area contributed by atoms with E-state index in [0.717, 1.165) is 6.33 Å². The Balaban J connectivity index is 2.92. The van der Waals surface area contributed by atoms with Crippen LogP contribution in [0.3, 0.4) is 0 Å².